The first-order valence-electron chi connectivity index (χ1n) is 5.80. The number of benzene rings is 1. The number of hydrogen-bond acceptors (Lipinski definition) is 4. The van der Waals surface area contributed by atoms with Gasteiger partial charge < -0.3 is 20.1 Å². The smallest absolute Gasteiger partial charge is 0.260 e. The summed E-state index contributed by atoms with van der Waals surface area (Å²) in [7, 11) is 3.30. The van der Waals surface area contributed by atoms with Crippen LogP contribution in [0.2, 0.25) is 0 Å². The lowest BCUT2D eigenvalue weighted by molar-refractivity contribution is -0.132. The summed E-state index contributed by atoms with van der Waals surface area (Å²) in [5, 5.41) is 0. The second kappa shape index (κ2) is 7.70. The molecular formula is C13H18N2O3S. The molecule has 0 aliphatic rings. The van der Waals surface area contributed by atoms with Gasteiger partial charge in [0.2, 0.25) is 0 Å². The minimum atomic E-state index is -0.101. The van der Waals surface area contributed by atoms with Crippen molar-refractivity contribution >= 4 is 23.1 Å². The Kier molecular flexibility index (Phi) is 6.24. The van der Waals surface area contributed by atoms with Crippen molar-refractivity contribution in [2.75, 3.05) is 33.9 Å². The topological polar surface area (TPSA) is 64.8 Å². The zero-order valence-electron chi connectivity index (χ0n) is 11.1. The lowest BCUT2D eigenvalue weighted by Crippen LogP contribution is -2.33. The molecule has 0 bridgehead atoms. The Morgan fingerprint density at radius 2 is 2.00 bits per heavy atom. The molecule has 6 heteroatoms. The Bertz CT molecular complexity index is 434. The molecule has 0 heterocycles. The number of likely N-dealkylation sites (N-methyl/N-ethyl adjacent to an activating group) is 1. The third-order valence-corrected chi connectivity index (χ3v) is 2.79. The molecule has 104 valence electrons. The molecule has 0 aliphatic heterocycles. The summed E-state index contributed by atoms with van der Waals surface area (Å²) in [6.07, 6.45) is 0. The predicted molar refractivity (Wildman–Crippen MR) is 77.3 cm³/mol. The van der Waals surface area contributed by atoms with E-state index < -0.39 is 0 Å². The maximum absolute atomic E-state index is 11.7. The molecule has 1 amide bonds. The number of methoxy groups -OCH3 is 1. The highest BCUT2D eigenvalue weighted by Crippen LogP contribution is 2.12. The number of amides is 1. The van der Waals surface area contributed by atoms with E-state index in [0.717, 1.165) is 5.56 Å². The number of nitrogens with two attached hydrogens (primary N) is 1. The van der Waals surface area contributed by atoms with Gasteiger partial charge in [-0.15, -0.1) is 0 Å². The number of rotatable bonds is 7. The fourth-order valence-corrected chi connectivity index (χ4v) is 1.46. The van der Waals surface area contributed by atoms with Crippen molar-refractivity contribution < 1.29 is 14.3 Å². The maximum Gasteiger partial charge on any atom is 0.260 e. The largest absolute Gasteiger partial charge is 0.484 e. The van der Waals surface area contributed by atoms with Crippen LogP contribution in [0.5, 0.6) is 5.75 Å². The number of nitrogens with zero attached hydrogens (tertiary/aromatic N) is 1. The fraction of sp³-hybridized carbons (Fsp3) is 0.385. The van der Waals surface area contributed by atoms with Crippen LogP contribution < -0.4 is 10.5 Å². The van der Waals surface area contributed by atoms with Gasteiger partial charge in [-0.3, -0.25) is 4.79 Å². The molecule has 19 heavy (non-hydrogen) atoms. The van der Waals surface area contributed by atoms with Crippen molar-refractivity contribution in [2.24, 2.45) is 5.73 Å². The summed E-state index contributed by atoms with van der Waals surface area (Å²) in [4.78, 5) is 13.6. The van der Waals surface area contributed by atoms with Gasteiger partial charge in [-0.1, -0.05) is 12.2 Å². The van der Waals surface area contributed by atoms with E-state index in [-0.39, 0.29) is 12.5 Å². The monoisotopic (exact) mass is 282 g/mol. The van der Waals surface area contributed by atoms with Gasteiger partial charge in [0.15, 0.2) is 6.61 Å². The first-order valence-corrected chi connectivity index (χ1v) is 6.21. The van der Waals surface area contributed by atoms with Crippen LogP contribution in [0.4, 0.5) is 0 Å². The van der Waals surface area contributed by atoms with Crippen LogP contribution in [0.15, 0.2) is 24.3 Å². The Morgan fingerprint density at radius 1 is 1.37 bits per heavy atom. The normalized spacial score (nSPS) is 10.0. The zero-order valence-corrected chi connectivity index (χ0v) is 11.9. The molecule has 0 atom stereocenters. The third-order valence-electron chi connectivity index (χ3n) is 2.56. The van der Waals surface area contributed by atoms with E-state index in [0.29, 0.717) is 23.9 Å². The molecule has 0 fully saturated rings. The van der Waals surface area contributed by atoms with Crippen LogP contribution in [-0.2, 0) is 9.53 Å². The molecule has 0 unspecified atom stereocenters. The van der Waals surface area contributed by atoms with Crippen molar-refractivity contribution in [1.82, 2.24) is 4.90 Å². The number of carbonyl (C=O) groups excluding carboxylic acids is 1. The minimum Gasteiger partial charge on any atom is -0.484 e. The first-order chi connectivity index (χ1) is 9.04. The molecular weight excluding hydrogens is 264 g/mol. The molecule has 2 N–H and O–H groups in total. The molecule has 5 nitrogen and oxygen atoms in total. The fourth-order valence-electron chi connectivity index (χ4n) is 1.32. The average molecular weight is 282 g/mol. The summed E-state index contributed by atoms with van der Waals surface area (Å²) < 4.78 is 10.3. The van der Waals surface area contributed by atoms with Crippen LogP contribution >= 0.6 is 12.2 Å². The Balaban J connectivity index is 2.43. The molecule has 1 rings (SSSR count). The van der Waals surface area contributed by atoms with Crippen molar-refractivity contribution in [3.05, 3.63) is 29.8 Å². The average Bonchev–Trinajstić information content (AvgIpc) is 2.42. The number of ether oxygens (including phenoxy) is 2. The number of hydrogen-bond donors (Lipinski definition) is 1. The van der Waals surface area contributed by atoms with E-state index >= 15 is 0 Å². The summed E-state index contributed by atoms with van der Waals surface area (Å²) in [6.45, 7) is 1.04. The first kappa shape index (κ1) is 15.4. The molecule has 0 aliphatic carbocycles. The van der Waals surface area contributed by atoms with E-state index in [2.05, 4.69) is 0 Å². The lowest BCUT2D eigenvalue weighted by Gasteiger charge is -2.16. The third kappa shape index (κ3) is 5.23. The van der Waals surface area contributed by atoms with Crippen LogP contribution in [0.1, 0.15) is 5.56 Å². The van der Waals surface area contributed by atoms with Crippen LogP contribution in [-0.4, -0.2) is 49.7 Å². The molecule has 1 aromatic carbocycles. The summed E-state index contributed by atoms with van der Waals surface area (Å²) in [6, 6.07) is 6.99. The number of thiocarbonyl (C=S) groups is 1. The van der Waals surface area contributed by atoms with Gasteiger partial charge in [0.25, 0.3) is 5.91 Å². The van der Waals surface area contributed by atoms with Crippen LogP contribution in [0, 0.1) is 0 Å². The van der Waals surface area contributed by atoms with Gasteiger partial charge in [0.1, 0.15) is 10.7 Å². The van der Waals surface area contributed by atoms with Gasteiger partial charge in [-0.05, 0) is 24.3 Å². The molecule has 0 saturated heterocycles. The van der Waals surface area contributed by atoms with Gasteiger partial charge in [0, 0.05) is 26.3 Å². The Labute approximate surface area is 118 Å². The molecule has 0 spiro atoms. The molecule has 0 aromatic heterocycles. The quantitative estimate of drug-likeness (QED) is 0.750. The second-order valence-corrected chi connectivity index (χ2v) is 4.43. The highest BCUT2D eigenvalue weighted by Gasteiger charge is 2.09. The van der Waals surface area contributed by atoms with Gasteiger partial charge >= 0.3 is 0 Å². The minimum absolute atomic E-state index is 0.00731. The van der Waals surface area contributed by atoms with Gasteiger partial charge in [-0.2, -0.15) is 0 Å². The molecule has 1 aromatic rings. The SMILES string of the molecule is COCCN(C)C(=O)COc1ccc(C(N)=S)cc1. The second-order valence-electron chi connectivity index (χ2n) is 3.99. The van der Waals surface area contributed by atoms with Crippen LogP contribution in [0.25, 0.3) is 0 Å². The van der Waals surface area contributed by atoms with Crippen molar-refractivity contribution in [1.29, 1.82) is 0 Å². The van der Waals surface area contributed by atoms with E-state index in [1.54, 1.807) is 43.3 Å². The van der Waals surface area contributed by atoms with E-state index in [4.69, 9.17) is 27.4 Å². The van der Waals surface area contributed by atoms with E-state index in [9.17, 15) is 4.79 Å². The Morgan fingerprint density at radius 3 is 2.53 bits per heavy atom. The lowest BCUT2D eigenvalue weighted by atomic mass is 10.2. The summed E-state index contributed by atoms with van der Waals surface area (Å²) in [5.74, 6) is 0.504. The number of carbonyl (C=O) groups is 1. The highest BCUT2D eigenvalue weighted by molar-refractivity contribution is 7.80. The summed E-state index contributed by atoms with van der Waals surface area (Å²) in [5.41, 5.74) is 6.26. The summed E-state index contributed by atoms with van der Waals surface area (Å²) >= 11 is 4.85. The van der Waals surface area contributed by atoms with Crippen molar-refractivity contribution in [3.63, 3.8) is 0 Å². The standard InChI is InChI=1S/C13H18N2O3S/c1-15(7-8-17-2)12(16)9-18-11-5-3-10(4-6-11)13(14)19/h3-6H,7-9H2,1-2H3,(H2,14,19). The molecule has 0 radical (unpaired) electrons. The maximum atomic E-state index is 11.7. The van der Waals surface area contributed by atoms with Crippen LogP contribution in [0.3, 0.4) is 0 Å². The van der Waals surface area contributed by atoms with Gasteiger partial charge in [0.05, 0.1) is 6.61 Å². The van der Waals surface area contributed by atoms with E-state index in [1.165, 1.54) is 0 Å². The van der Waals surface area contributed by atoms with Crippen molar-refractivity contribution in [3.8, 4) is 5.75 Å². The van der Waals surface area contributed by atoms with Crippen molar-refractivity contribution in [2.45, 2.75) is 0 Å². The zero-order chi connectivity index (χ0) is 14.3. The highest BCUT2D eigenvalue weighted by atomic mass is 32.1. The predicted octanol–water partition coefficient (Wildman–Crippen LogP) is 0.804. The van der Waals surface area contributed by atoms with E-state index in [1.807, 2.05) is 0 Å². The molecule has 0 saturated carbocycles. The van der Waals surface area contributed by atoms with Gasteiger partial charge in [-0.25, -0.2) is 0 Å². The Hall–Kier alpha value is -1.66.